The predicted octanol–water partition coefficient (Wildman–Crippen LogP) is 5.98. The van der Waals surface area contributed by atoms with Crippen molar-refractivity contribution in [2.45, 2.75) is 44.2 Å². The minimum Gasteiger partial charge on any atom is -0.481 e. The number of H-pyrrole nitrogens is 1. The van der Waals surface area contributed by atoms with Crippen molar-refractivity contribution in [3.63, 3.8) is 0 Å². The topological polar surface area (TPSA) is 53.1 Å². The lowest BCUT2D eigenvalue weighted by Crippen LogP contribution is -2.32. The van der Waals surface area contributed by atoms with Crippen LogP contribution in [0.15, 0.2) is 54.6 Å². The maximum Gasteiger partial charge on any atom is 0.398 e. The number of halogens is 3. The summed E-state index contributed by atoms with van der Waals surface area (Å²) in [6.07, 6.45) is -4.73. The molecule has 3 aromatic rings. The molecule has 0 aliphatic heterocycles. The van der Waals surface area contributed by atoms with Crippen LogP contribution in [-0.4, -0.2) is 22.2 Å². The minimum absolute atomic E-state index is 0.126. The normalized spacial score (nSPS) is 14.8. The van der Waals surface area contributed by atoms with E-state index in [-0.39, 0.29) is 16.7 Å². The fourth-order valence-electron chi connectivity index (χ4n) is 3.48. The molecule has 148 valence electrons. The summed E-state index contributed by atoms with van der Waals surface area (Å²) in [5.41, 5.74) is 1.26. The minimum atomic E-state index is -4.73. The van der Waals surface area contributed by atoms with Gasteiger partial charge in [0.05, 0.1) is 5.92 Å². The van der Waals surface area contributed by atoms with Crippen LogP contribution in [0, 0.1) is 0 Å². The van der Waals surface area contributed by atoms with Gasteiger partial charge in [-0.05, 0) is 34.1 Å². The maximum absolute atomic E-state index is 14.0. The smallest absolute Gasteiger partial charge is 0.398 e. The zero-order valence-electron chi connectivity index (χ0n) is 15.8. The number of nitrogens with one attached hydrogen (secondary N) is 1. The van der Waals surface area contributed by atoms with Crippen LogP contribution in [-0.2, 0) is 10.2 Å². The SMILES string of the molecule is CC(C)(C)c1ccc([C@@H](C(=O)O)[C@H](c2cc3ccccc3[nH]2)C(F)(F)F)cc1. The average Bonchev–Trinajstić information content (AvgIpc) is 3.00. The van der Waals surface area contributed by atoms with E-state index in [1.165, 1.54) is 18.2 Å². The average molecular weight is 389 g/mol. The number of aliphatic carboxylic acids is 1. The lowest BCUT2D eigenvalue weighted by molar-refractivity contribution is -0.168. The van der Waals surface area contributed by atoms with E-state index in [0.717, 1.165) is 5.56 Å². The number of carboxylic acid groups (broad SMARTS) is 1. The van der Waals surface area contributed by atoms with E-state index in [4.69, 9.17) is 0 Å². The van der Waals surface area contributed by atoms with Crippen LogP contribution in [0.4, 0.5) is 13.2 Å². The molecule has 0 aliphatic carbocycles. The molecule has 0 bridgehead atoms. The van der Waals surface area contributed by atoms with Crippen LogP contribution in [0.3, 0.4) is 0 Å². The van der Waals surface area contributed by atoms with Crippen LogP contribution in [0.5, 0.6) is 0 Å². The number of aromatic amines is 1. The zero-order valence-corrected chi connectivity index (χ0v) is 15.8. The first-order valence-corrected chi connectivity index (χ1v) is 8.96. The number of rotatable bonds is 4. The second-order valence-corrected chi connectivity index (χ2v) is 8.02. The highest BCUT2D eigenvalue weighted by Gasteiger charge is 2.50. The summed E-state index contributed by atoms with van der Waals surface area (Å²) < 4.78 is 42.0. The van der Waals surface area contributed by atoms with Crippen molar-refractivity contribution in [1.29, 1.82) is 0 Å². The van der Waals surface area contributed by atoms with Gasteiger partial charge >= 0.3 is 12.1 Å². The number of fused-ring (bicyclic) bond motifs is 1. The van der Waals surface area contributed by atoms with Crippen LogP contribution in [0.1, 0.15) is 49.4 Å². The molecule has 3 rings (SSSR count). The molecule has 2 atom stereocenters. The Kier molecular flexibility index (Phi) is 5.00. The van der Waals surface area contributed by atoms with Crippen LogP contribution >= 0.6 is 0 Å². The van der Waals surface area contributed by atoms with Crippen LogP contribution in [0.2, 0.25) is 0 Å². The van der Waals surface area contributed by atoms with E-state index in [2.05, 4.69) is 4.98 Å². The summed E-state index contributed by atoms with van der Waals surface area (Å²) in [4.78, 5) is 14.7. The van der Waals surface area contributed by atoms with Crippen molar-refractivity contribution in [1.82, 2.24) is 4.98 Å². The standard InChI is InChI=1S/C22H22F3NO2/c1-21(2,3)15-10-8-13(9-11-15)18(20(27)28)19(22(23,24)25)17-12-14-6-4-5-7-16(14)26-17/h4-12,18-19,26H,1-3H3,(H,27,28)/t18-,19+/m1/s1. The molecule has 0 unspecified atom stereocenters. The van der Waals surface area contributed by atoms with Crippen LogP contribution in [0.25, 0.3) is 10.9 Å². The first-order chi connectivity index (χ1) is 13.0. The monoisotopic (exact) mass is 389 g/mol. The van der Waals surface area contributed by atoms with E-state index in [1.54, 1.807) is 36.4 Å². The maximum atomic E-state index is 14.0. The van der Waals surface area contributed by atoms with E-state index in [0.29, 0.717) is 10.9 Å². The third kappa shape index (κ3) is 3.91. The van der Waals surface area contributed by atoms with Crippen molar-refractivity contribution in [3.8, 4) is 0 Å². The molecule has 0 fully saturated rings. The summed E-state index contributed by atoms with van der Waals surface area (Å²) in [6.45, 7) is 5.96. The Bertz CT molecular complexity index is 948. The molecule has 0 radical (unpaired) electrons. The first kappa shape index (κ1) is 20.0. The fraction of sp³-hybridized carbons (Fsp3) is 0.318. The van der Waals surface area contributed by atoms with Gasteiger partial charge in [-0.1, -0.05) is 63.2 Å². The molecular weight excluding hydrogens is 367 g/mol. The quantitative estimate of drug-likeness (QED) is 0.577. The van der Waals surface area contributed by atoms with Gasteiger partial charge in [0.25, 0.3) is 0 Å². The van der Waals surface area contributed by atoms with Crippen molar-refractivity contribution >= 4 is 16.9 Å². The number of hydrogen-bond donors (Lipinski definition) is 2. The molecule has 0 amide bonds. The van der Waals surface area contributed by atoms with Crippen molar-refractivity contribution < 1.29 is 23.1 Å². The Labute approximate surface area is 161 Å². The first-order valence-electron chi connectivity index (χ1n) is 8.96. The second-order valence-electron chi connectivity index (χ2n) is 8.02. The highest BCUT2D eigenvalue weighted by atomic mass is 19.4. The molecule has 0 saturated carbocycles. The highest BCUT2D eigenvalue weighted by molar-refractivity contribution is 5.82. The van der Waals surface area contributed by atoms with Crippen molar-refractivity contribution in [2.24, 2.45) is 0 Å². The van der Waals surface area contributed by atoms with Gasteiger partial charge in [-0.3, -0.25) is 4.79 Å². The molecule has 6 heteroatoms. The third-order valence-corrected chi connectivity index (χ3v) is 4.97. The Morgan fingerprint density at radius 3 is 2.11 bits per heavy atom. The van der Waals surface area contributed by atoms with Crippen LogP contribution < -0.4 is 0 Å². The van der Waals surface area contributed by atoms with Gasteiger partial charge in [0, 0.05) is 11.2 Å². The second kappa shape index (κ2) is 7.00. The van der Waals surface area contributed by atoms with Gasteiger partial charge in [0.2, 0.25) is 0 Å². The number of hydrogen-bond acceptors (Lipinski definition) is 1. The molecule has 3 nitrogen and oxygen atoms in total. The molecule has 1 aromatic heterocycles. The summed E-state index contributed by atoms with van der Waals surface area (Å²) in [6, 6.07) is 14.5. The summed E-state index contributed by atoms with van der Waals surface area (Å²) >= 11 is 0. The Morgan fingerprint density at radius 1 is 1.00 bits per heavy atom. The van der Waals surface area contributed by atoms with E-state index >= 15 is 0 Å². The molecule has 1 heterocycles. The number of carbonyl (C=O) groups is 1. The summed E-state index contributed by atoms with van der Waals surface area (Å²) in [5, 5.41) is 10.3. The number of alkyl halides is 3. The molecule has 2 N–H and O–H groups in total. The largest absolute Gasteiger partial charge is 0.481 e. The Balaban J connectivity index is 2.11. The van der Waals surface area contributed by atoms with Crippen molar-refractivity contribution in [2.75, 3.05) is 0 Å². The van der Waals surface area contributed by atoms with Gasteiger partial charge < -0.3 is 10.1 Å². The Hall–Kier alpha value is -2.76. The zero-order chi connectivity index (χ0) is 20.7. The van der Waals surface area contributed by atoms with E-state index in [1.807, 2.05) is 20.8 Å². The van der Waals surface area contributed by atoms with Gasteiger partial charge in [-0.2, -0.15) is 13.2 Å². The van der Waals surface area contributed by atoms with Gasteiger partial charge in [-0.15, -0.1) is 0 Å². The molecule has 28 heavy (non-hydrogen) atoms. The molecule has 0 saturated heterocycles. The predicted molar refractivity (Wildman–Crippen MR) is 103 cm³/mol. The number of carboxylic acids is 1. The van der Waals surface area contributed by atoms with E-state index < -0.39 is 24.0 Å². The molecule has 2 aromatic carbocycles. The molecular formula is C22H22F3NO2. The lowest BCUT2D eigenvalue weighted by Gasteiger charge is -2.27. The Morgan fingerprint density at radius 2 is 1.61 bits per heavy atom. The fourth-order valence-corrected chi connectivity index (χ4v) is 3.48. The number of benzene rings is 2. The highest BCUT2D eigenvalue weighted by Crippen LogP contribution is 2.45. The molecule has 0 aliphatic rings. The van der Waals surface area contributed by atoms with Gasteiger partial charge in [-0.25, -0.2) is 0 Å². The molecule has 0 spiro atoms. The van der Waals surface area contributed by atoms with Gasteiger partial charge in [0.1, 0.15) is 5.92 Å². The summed E-state index contributed by atoms with van der Waals surface area (Å²) in [5.74, 6) is -5.44. The van der Waals surface area contributed by atoms with Crippen molar-refractivity contribution in [3.05, 3.63) is 71.4 Å². The number of para-hydroxylation sites is 1. The summed E-state index contributed by atoms with van der Waals surface area (Å²) in [7, 11) is 0. The number of aromatic nitrogens is 1. The third-order valence-electron chi connectivity index (χ3n) is 4.97. The van der Waals surface area contributed by atoms with Gasteiger partial charge in [0.15, 0.2) is 0 Å². The lowest BCUT2D eigenvalue weighted by atomic mass is 9.81. The van der Waals surface area contributed by atoms with E-state index in [9.17, 15) is 23.1 Å².